The van der Waals surface area contributed by atoms with E-state index >= 15 is 0 Å². The van der Waals surface area contributed by atoms with Crippen LogP contribution in [0.25, 0.3) is 0 Å². The van der Waals surface area contributed by atoms with Crippen LogP contribution in [0.1, 0.15) is 48.8 Å². The van der Waals surface area contributed by atoms with Crippen LogP contribution in [0.4, 0.5) is 5.69 Å². The molecule has 7 nitrogen and oxygen atoms in total. The SMILES string of the molecule is Cc1cccc(N(CC(=O)N(Cc2ccc(Cl)cc2)[C@H](Cc2ccccc2)C(=O)NC2CCCCC2)S(C)(=O)=O)c1. The van der Waals surface area contributed by atoms with Crippen LogP contribution in [0, 0.1) is 6.92 Å². The molecule has 4 rings (SSSR count). The van der Waals surface area contributed by atoms with E-state index in [2.05, 4.69) is 5.32 Å². The van der Waals surface area contributed by atoms with Crippen LogP contribution in [-0.2, 0) is 32.6 Å². The molecule has 1 fully saturated rings. The Balaban J connectivity index is 1.71. The Labute approximate surface area is 248 Å². The lowest BCUT2D eigenvalue weighted by Crippen LogP contribution is -2.55. The molecule has 1 atom stereocenters. The molecule has 0 unspecified atom stereocenters. The molecule has 0 heterocycles. The Morgan fingerprint density at radius 3 is 2.24 bits per heavy atom. The molecule has 1 aliphatic carbocycles. The van der Waals surface area contributed by atoms with Crippen molar-refractivity contribution >= 4 is 39.1 Å². The number of amides is 2. The quantitative estimate of drug-likeness (QED) is 0.317. The van der Waals surface area contributed by atoms with Crippen molar-refractivity contribution in [1.29, 1.82) is 0 Å². The van der Waals surface area contributed by atoms with Gasteiger partial charge in [0.05, 0.1) is 11.9 Å². The fourth-order valence-corrected chi connectivity index (χ4v) is 6.25. The maximum absolute atomic E-state index is 14.2. The Morgan fingerprint density at radius 2 is 1.61 bits per heavy atom. The Bertz CT molecular complexity index is 1420. The molecule has 0 bridgehead atoms. The van der Waals surface area contributed by atoms with Gasteiger partial charge in [0.1, 0.15) is 12.6 Å². The van der Waals surface area contributed by atoms with Crippen molar-refractivity contribution in [2.45, 2.75) is 64.1 Å². The molecule has 3 aromatic rings. The first-order chi connectivity index (χ1) is 19.6. The summed E-state index contributed by atoms with van der Waals surface area (Å²) in [6, 6.07) is 22.9. The number of rotatable bonds is 11. The van der Waals surface area contributed by atoms with Gasteiger partial charge in [-0.1, -0.05) is 85.5 Å². The number of carbonyl (C=O) groups excluding carboxylic acids is 2. The van der Waals surface area contributed by atoms with Crippen molar-refractivity contribution in [1.82, 2.24) is 10.2 Å². The van der Waals surface area contributed by atoms with Crippen LogP contribution < -0.4 is 9.62 Å². The maximum Gasteiger partial charge on any atom is 0.244 e. The van der Waals surface area contributed by atoms with Crippen molar-refractivity contribution in [3.63, 3.8) is 0 Å². The summed E-state index contributed by atoms with van der Waals surface area (Å²) in [6.07, 6.45) is 6.46. The Hall–Kier alpha value is -3.36. The van der Waals surface area contributed by atoms with Crippen molar-refractivity contribution in [2.75, 3.05) is 17.1 Å². The van der Waals surface area contributed by atoms with E-state index in [0.29, 0.717) is 17.1 Å². The van der Waals surface area contributed by atoms with Gasteiger partial charge in [-0.2, -0.15) is 0 Å². The van der Waals surface area contributed by atoms with Gasteiger partial charge >= 0.3 is 0 Å². The third-order valence-electron chi connectivity index (χ3n) is 7.46. The van der Waals surface area contributed by atoms with Crippen LogP contribution in [0.2, 0.25) is 5.02 Å². The van der Waals surface area contributed by atoms with E-state index < -0.39 is 28.5 Å². The standard InChI is InChI=1S/C32H38ClN3O4S/c1-24-10-9-15-29(20-24)36(41(2,39)40)23-31(37)35(22-26-16-18-27(33)19-17-26)30(21-25-11-5-3-6-12-25)32(38)34-28-13-7-4-8-14-28/h3,5-6,9-12,15-20,28,30H,4,7-8,13-14,21-23H2,1-2H3,(H,34,38)/t30-/m1/s1. The van der Waals surface area contributed by atoms with E-state index in [4.69, 9.17) is 11.6 Å². The fraction of sp³-hybridized carbons (Fsp3) is 0.375. The smallest absolute Gasteiger partial charge is 0.244 e. The summed E-state index contributed by atoms with van der Waals surface area (Å²) in [5.74, 6) is -0.698. The molecule has 1 N–H and O–H groups in total. The minimum Gasteiger partial charge on any atom is -0.352 e. The third kappa shape index (κ3) is 8.81. The zero-order valence-electron chi connectivity index (χ0n) is 23.6. The monoisotopic (exact) mass is 595 g/mol. The summed E-state index contributed by atoms with van der Waals surface area (Å²) < 4.78 is 26.9. The van der Waals surface area contributed by atoms with Crippen molar-refractivity contribution < 1.29 is 18.0 Å². The molecule has 0 aliphatic heterocycles. The Morgan fingerprint density at radius 1 is 0.927 bits per heavy atom. The molecule has 0 spiro atoms. The lowest BCUT2D eigenvalue weighted by atomic mass is 9.94. The molecule has 3 aromatic carbocycles. The molecular formula is C32H38ClN3O4S. The average Bonchev–Trinajstić information content (AvgIpc) is 2.95. The van der Waals surface area contributed by atoms with Gasteiger partial charge in [0.15, 0.2) is 0 Å². The first kappa shape index (κ1) is 30.6. The molecule has 1 saturated carbocycles. The number of benzene rings is 3. The van der Waals surface area contributed by atoms with Crippen LogP contribution in [0.3, 0.4) is 0 Å². The van der Waals surface area contributed by atoms with E-state index in [1.807, 2.05) is 55.5 Å². The normalized spacial score (nSPS) is 14.7. The highest BCUT2D eigenvalue weighted by Gasteiger charge is 2.34. The van der Waals surface area contributed by atoms with E-state index in [9.17, 15) is 18.0 Å². The number of anilines is 1. The molecular weight excluding hydrogens is 558 g/mol. The van der Waals surface area contributed by atoms with Crippen molar-refractivity contribution in [3.05, 3.63) is 101 Å². The first-order valence-corrected chi connectivity index (χ1v) is 16.3. The summed E-state index contributed by atoms with van der Waals surface area (Å²) in [7, 11) is -3.80. The molecule has 0 saturated heterocycles. The van der Waals surface area contributed by atoms with Gasteiger partial charge in [-0.05, 0) is 60.7 Å². The van der Waals surface area contributed by atoms with Gasteiger partial charge in [0, 0.05) is 24.0 Å². The number of nitrogens with zero attached hydrogens (tertiary/aromatic N) is 2. The van der Waals surface area contributed by atoms with Crippen LogP contribution in [0.15, 0.2) is 78.9 Å². The second-order valence-corrected chi connectivity index (χ2v) is 13.1. The summed E-state index contributed by atoms with van der Waals surface area (Å²) in [4.78, 5) is 29.6. The van der Waals surface area contributed by atoms with Gasteiger partial charge < -0.3 is 10.2 Å². The number of halogens is 1. The number of nitrogens with one attached hydrogen (secondary N) is 1. The molecule has 0 radical (unpaired) electrons. The summed E-state index contributed by atoms with van der Waals surface area (Å²) in [5.41, 5.74) is 2.96. The van der Waals surface area contributed by atoms with Crippen LogP contribution in [0.5, 0.6) is 0 Å². The number of sulfonamides is 1. The zero-order chi connectivity index (χ0) is 29.4. The molecule has 41 heavy (non-hydrogen) atoms. The van der Waals surface area contributed by atoms with Gasteiger partial charge in [-0.25, -0.2) is 8.42 Å². The predicted molar refractivity (Wildman–Crippen MR) is 164 cm³/mol. The number of hydrogen-bond donors (Lipinski definition) is 1. The average molecular weight is 596 g/mol. The van der Waals surface area contributed by atoms with E-state index in [-0.39, 0.29) is 18.5 Å². The van der Waals surface area contributed by atoms with E-state index in [1.165, 1.54) is 4.90 Å². The highest BCUT2D eigenvalue weighted by atomic mass is 35.5. The van der Waals surface area contributed by atoms with E-state index in [0.717, 1.165) is 59.4 Å². The van der Waals surface area contributed by atoms with Crippen molar-refractivity contribution in [2.24, 2.45) is 0 Å². The van der Waals surface area contributed by atoms with E-state index in [1.54, 1.807) is 30.3 Å². The van der Waals surface area contributed by atoms with Gasteiger partial charge in [-0.3, -0.25) is 13.9 Å². The highest BCUT2D eigenvalue weighted by Crippen LogP contribution is 2.23. The molecule has 218 valence electrons. The van der Waals surface area contributed by atoms with Gasteiger partial charge in [0.25, 0.3) is 0 Å². The van der Waals surface area contributed by atoms with Crippen LogP contribution >= 0.6 is 11.6 Å². The minimum atomic E-state index is -3.80. The van der Waals surface area contributed by atoms with Crippen molar-refractivity contribution in [3.8, 4) is 0 Å². The number of carbonyl (C=O) groups is 2. The Kier molecular flexibility index (Phi) is 10.5. The van der Waals surface area contributed by atoms with Gasteiger partial charge in [0.2, 0.25) is 21.8 Å². The summed E-state index contributed by atoms with van der Waals surface area (Å²) in [6.45, 7) is 1.55. The fourth-order valence-electron chi connectivity index (χ4n) is 5.28. The molecule has 9 heteroatoms. The van der Waals surface area contributed by atoms with Gasteiger partial charge in [-0.15, -0.1) is 0 Å². The lowest BCUT2D eigenvalue weighted by Gasteiger charge is -2.35. The molecule has 2 amide bonds. The predicted octanol–water partition coefficient (Wildman–Crippen LogP) is 5.50. The number of hydrogen-bond acceptors (Lipinski definition) is 4. The number of aryl methyl sites for hydroxylation is 1. The minimum absolute atomic E-state index is 0.0572. The third-order valence-corrected chi connectivity index (χ3v) is 8.85. The summed E-state index contributed by atoms with van der Waals surface area (Å²) >= 11 is 6.12. The second kappa shape index (κ2) is 14.0. The largest absolute Gasteiger partial charge is 0.352 e. The second-order valence-electron chi connectivity index (χ2n) is 10.8. The summed E-state index contributed by atoms with van der Waals surface area (Å²) in [5, 5.41) is 3.77. The zero-order valence-corrected chi connectivity index (χ0v) is 25.2. The highest BCUT2D eigenvalue weighted by molar-refractivity contribution is 7.92. The maximum atomic E-state index is 14.2. The van der Waals surface area contributed by atoms with Crippen LogP contribution in [-0.4, -0.2) is 50.0 Å². The first-order valence-electron chi connectivity index (χ1n) is 14.0. The topological polar surface area (TPSA) is 86.8 Å². The molecule has 1 aliphatic rings. The lowest BCUT2D eigenvalue weighted by molar-refractivity contribution is -0.140. The molecule has 0 aromatic heterocycles.